The van der Waals surface area contributed by atoms with Crippen molar-refractivity contribution in [1.29, 1.82) is 0 Å². The first-order chi connectivity index (χ1) is 14.6. The van der Waals surface area contributed by atoms with Crippen LogP contribution in [0.4, 0.5) is 0 Å². The van der Waals surface area contributed by atoms with Crippen LogP contribution >= 0.6 is 0 Å². The van der Waals surface area contributed by atoms with Crippen LogP contribution in [0.3, 0.4) is 0 Å². The fraction of sp³-hybridized carbons (Fsp3) is 0.190. The molecule has 0 saturated heterocycles. The molecule has 30 heavy (non-hydrogen) atoms. The molecule has 3 N–H and O–H groups in total. The summed E-state index contributed by atoms with van der Waals surface area (Å²) in [5.41, 5.74) is 2.00. The van der Waals surface area contributed by atoms with E-state index in [4.69, 9.17) is 4.52 Å². The number of carbonyl (C=O) groups is 1. The van der Waals surface area contributed by atoms with Gasteiger partial charge in [-0.05, 0) is 18.9 Å². The lowest BCUT2D eigenvalue weighted by atomic mass is 10.0. The number of aromatic nitrogens is 4. The number of fused-ring (bicyclic) bond motifs is 1. The van der Waals surface area contributed by atoms with Crippen molar-refractivity contribution >= 4 is 17.0 Å². The fourth-order valence-corrected chi connectivity index (χ4v) is 3.42. The van der Waals surface area contributed by atoms with E-state index in [-0.39, 0.29) is 12.5 Å². The number of carbonyl (C=O) groups excluding carboxylic acids is 1. The Labute approximate surface area is 169 Å². The molecule has 3 heterocycles. The number of hydrogen-bond donors (Lipinski definition) is 3. The van der Waals surface area contributed by atoms with Crippen molar-refractivity contribution in [3.8, 4) is 11.3 Å². The summed E-state index contributed by atoms with van der Waals surface area (Å²) in [4.78, 5) is 45.2. The molecule has 1 fully saturated rings. The van der Waals surface area contributed by atoms with Crippen LogP contribution in [-0.2, 0) is 6.54 Å². The first-order valence-electron chi connectivity index (χ1n) is 9.55. The molecule has 0 atom stereocenters. The Morgan fingerprint density at radius 1 is 1.13 bits per heavy atom. The van der Waals surface area contributed by atoms with Gasteiger partial charge in [0.15, 0.2) is 0 Å². The standard InChI is InChI=1S/C21H17N5O4/c27-16-8-13(23-21(29)25-16)10-22-19(28)14-9-15(11-6-7-11)24-20-17(14)18(26-30-20)12-4-2-1-3-5-12/h1-5,8-9,11H,6-7,10H2,(H,22,28)(H2,23,25,27,29). The molecule has 150 valence electrons. The number of amides is 1. The van der Waals surface area contributed by atoms with E-state index in [2.05, 4.69) is 25.4 Å². The molecule has 1 aromatic carbocycles. The molecule has 0 aliphatic heterocycles. The normalized spacial score (nSPS) is 13.5. The number of H-pyrrole nitrogens is 2. The van der Waals surface area contributed by atoms with Gasteiger partial charge in [0.2, 0.25) is 0 Å². The smallest absolute Gasteiger partial charge is 0.325 e. The van der Waals surface area contributed by atoms with Crippen molar-refractivity contribution in [2.24, 2.45) is 0 Å². The molecule has 0 spiro atoms. The summed E-state index contributed by atoms with van der Waals surface area (Å²) >= 11 is 0. The van der Waals surface area contributed by atoms with Crippen LogP contribution < -0.4 is 16.6 Å². The summed E-state index contributed by atoms with van der Waals surface area (Å²) in [5, 5.41) is 7.45. The molecule has 0 unspecified atom stereocenters. The zero-order chi connectivity index (χ0) is 20.7. The highest BCUT2D eigenvalue weighted by atomic mass is 16.5. The molecule has 1 saturated carbocycles. The molecule has 1 aliphatic carbocycles. The highest BCUT2D eigenvalue weighted by molar-refractivity contribution is 6.09. The molecule has 5 rings (SSSR count). The van der Waals surface area contributed by atoms with Crippen LogP contribution in [0.5, 0.6) is 0 Å². The van der Waals surface area contributed by atoms with Crippen molar-refractivity contribution in [3.05, 3.63) is 80.3 Å². The molecule has 9 nitrogen and oxygen atoms in total. The maximum atomic E-state index is 13.1. The maximum absolute atomic E-state index is 13.1. The van der Waals surface area contributed by atoms with Crippen molar-refractivity contribution < 1.29 is 9.32 Å². The number of benzene rings is 1. The summed E-state index contributed by atoms with van der Waals surface area (Å²) in [7, 11) is 0. The Bertz CT molecular complexity index is 1340. The molecule has 4 aromatic rings. The lowest BCUT2D eigenvalue weighted by Gasteiger charge is -2.08. The number of pyridine rings is 1. The Balaban J connectivity index is 1.55. The monoisotopic (exact) mass is 403 g/mol. The topological polar surface area (TPSA) is 134 Å². The quantitative estimate of drug-likeness (QED) is 0.467. The lowest BCUT2D eigenvalue weighted by molar-refractivity contribution is 0.0952. The first-order valence-corrected chi connectivity index (χ1v) is 9.55. The van der Waals surface area contributed by atoms with Crippen LogP contribution in [-0.4, -0.2) is 26.0 Å². The largest absolute Gasteiger partial charge is 0.346 e. The Morgan fingerprint density at radius 2 is 1.93 bits per heavy atom. The van der Waals surface area contributed by atoms with Gasteiger partial charge < -0.3 is 14.8 Å². The van der Waals surface area contributed by atoms with Gasteiger partial charge >= 0.3 is 5.69 Å². The molecule has 9 heteroatoms. The van der Waals surface area contributed by atoms with Gasteiger partial charge in [0, 0.05) is 28.9 Å². The summed E-state index contributed by atoms with van der Waals surface area (Å²) < 4.78 is 5.47. The van der Waals surface area contributed by atoms with E-state index in [1.165, 1.54) is 6.07 Å². The molecule has 1 aliphatic rings. The average Bonchev–Trinajstić information content (AvgIpc) is 3.50. The van der Waals surface area contributed by atoms with Gasteiger partial charge in [-0.25, -0.2) is 9.78 Å². The Morgan fingerprint density at radius 3 is 2.67 bits per heavy atom. The van der Waals surface area contributed by atoms with Crippen molar-refractivity contribution in [2.75, 3.05) is 0 Å². The molecular weight excluding hydrogens is 386 g/mol. The summed E-state index contributed by atoms with van der Waals surface area (Å²) in [5.74, 6) is -0.0546. The van der Waals surface area contributed by atoms with E-state index in [0.29, 0.717) is 34.0 Å². The number of hydrogen-bond acceptors (Lipinski definition) is 6. The van der Waals surface area contributed by atoms with E-state index in [1.807, 2.05) is 30.3 Å². The lowest BCUT2D eigenvalue weighted by Crippen LogP contribution is -2.28. The minimum Gasteiger partial charge on any atom is -0.346 e. The number of rotatable bonds is 5. The molecular formula is C21H17N5O4. The van der Waals surface area contributed by atoms with Gasteiger partial charge in [-0.15, -0.1) is 0 Å². The van der Waals surface area contributed by atoms with Crippen LogP contribution in [0, 0.1) is 0 Å². The van der Waals surface area contributed by atoms with Crippen LogP contribution in [0.1, 0.15) is 40.5 Å². The highest BCUT2D eigenvalue weighted by Crippen LogP contribution is 2.41. The van der Waals surface area contributed by atoms with Crippen LogP contribution in [0.25, 0.3) is 22.4 Å². The number of nitrogens with one attached hydrogen (secondary N) is 3. The van der Waals surface area contributed by atoms with Gasteiger partial charge in [-0.2, -0.15) is 0 Å². The minimum atomic E-state index is -0.625. The van der Waals surface area contributed by atoms with Gasteiger partial charge in [0.1, 0.15) is 5.69 Å². The molecule has 0 radical (unpaired) electrons. The highest BCUT2D eigenvalue weighted by Gasteiger charge is 2.29. The zero-order valence-corrected chi connectivity index (χ0v) is 15.8. The summed E-state index contributed by atoms with van der Waals surface area (Å²) in [6.07, 6.45) is 2.04. The third kappa shape index (κ3) is 3.41. The van der Waals surface area contributed by atoms with Gasteiger partial charge in [-0.3, -0.25) is 14.6 Å². The van der Waals surface area contributed by atoms with Crippen LogP contribution in [0.15, 0.2) is 56.6 Å². The van der Waals surface area contributed by atoms with Gasteiger partial charge in [0.05, 0.1) is 17.5 Å². The zero-order valence-electron chi connectivity index (χ0n) is 15.8. The Kier molecular flexibility index (Phi) is 4.27. The Hall–Kier alpha value is -4.01. The second-order valence-corrected chi connectivity index (χ2v) is 7.24. The van der Waals surface area contributed by atoms with Gasteiger partial charge in [-0.1, -0.05) is 35.5 Å². The van der Waals surface area contributed by atoms with Crippen molar-refractivity contribution in [1.82, 2.24) is 25.4 Å². The summed E-state index contributed by atoms with van der Waals surface area (Å²) in [6, 6.07) is 12.4. The number of aromatic amines is 2. The van der Waals surface area contributed by atoms with E-state index < -0.39 is 11.2 Å². The second kappa shape index (κ2) is 7.11. The second-order valence-electron chi connectivity index (χ2n) is 7.24. The average molecular weight is 403 g/mol. The van der Waals surface area contributed by atoms with Crippen LogP contribution in [0.2, 0.25) is 0 Å². The molecule has 1 amide bonds. The third-order valence-corrected chi connectivity index (χ3v) is 5.01. The molecule has 3 aromatic heterocycles. The van der Waals surface area contributed by atoms with E-state index in [9.17, 15) is 14.4 Å². The first kappa shape index (κ1) is 18.0. The molecule has 0 bridgehead atoms. The van der Waals surface area contributed by atoms with E-state index in [1.54, 1.807) is 6.07 Å². The fourth-order valence-electron chi connectivity index (χ4n) is 3.42. The third-order valence-electron chi connectivity index (χ3n) is 5.01. The number of nitrogens with zero attached hydrogens (tertiary/aromatic N) is 2. The summed E-state index contributed by atoms with van der Waals surface area (Å²) in [6.45, 7) is -0.00742. The van der Waals surface area contributed by atoms with Gasteiger partial charge in [0.25, 0.3) is 17.2 Å². The van der Waals surface area contributed by atoms with E-state index >= 15 is 0 Å². The minimum absolute atomic E-state index is 0.00742. The van der Waals surface area contributed by atoms with E-state index in [0.717, 1.165) is 24.1 Å². The van der Waals surface area contributed by atoms with Crippen molar-refractivity contribution in [2.45, 2.75) is 25.3 Å². The van der Waals surface area contributed by atoms with Crippen molar-refractivity contribution in [3.63, 3.8) is 0 Å². The predicted molar refractivity (Wildman–Crippen MR) is 108 cm³/mol. The predicted octanol–water partition coefficient (Wildman–Crippen LogP) is 2.07. The maximum Gasteiger partial charge on any atom is 0.325 e. The SMILES string of the molecule is O=C(NCc1cc(=O)[nH]c(=O)[nH]1)c1cc(C2CC2)nc2onc(-c3ccccc3)c12.